The lowest BCUT2D eigenvalue weighted by Gasteiger charge is -2.42. The molecule has 4 rings (SSSR count). The number of aryl methyl sites for hydroxylation is 4. The molecule has 1 fully saturated rings. The monoisotopic (exact) mass is 447 g/mol. The molecule has 0 amide bonds. The minimum Gasteiger partial charge on any atom is -0.308 e. The summed E-state index contributed by atoms with van der Waals surface area (Å²) in [4.78, 5) is 14.9. The number of nitrogens with zero attached hydrogens (tertiary/aromatic N) is 5. The first-order valence-corrected chi connectivity index (χ1v) is 12.7. The van der Waals surface area contributed by atoms with Crippen molar-refractivity contribution in [2.75, 3.05) is 33.2 Å². The van der Waals surface area contributed by atoms with E-state index in [-0.39, 0.29) is 0 Å². The van der Waals surface area contributed by atoms with Crippen molar-refractivity contribution in [2.24, 2.45) is 5.92 Å². The van der Waals surface area contributed by atoms with E-state index in [0.29, 0.717) is 12.0 Å². The van der Waals surface area contributed by atoms with Crippen LogP contribution in [0.4, 0.5) is 0 Å². The molecule has 3 aromatic rings. The third-order valence-electron chi connectivity index (χ3n) is 7.20. The fourth-order valence-corrected chi connectivity index (χ4v) is 5.27. The summed E-state index contributed by atoms with van der Waals surface area (Å²) in [5.41, 5.74) is 7.07. The zero-order chi connectivity index (χ0) is 23.5. The highest BCUT2D eigenvalue weighted by Crippen LogP contribution is 2.22. The summed E-state index contributed by atoms with van der Waals surface area (Å²) in [6.07, 6.45) is 3.28. The molecular formula is C28H41N5. The smallest absolute Gasteiger partial charge is 0.160 e. The predicted molar refractivity (Wildman–Crippen MR) is 138 cm³/mol. The first kappa shape index (κ1) is 23.9. The average Bonchev–Trinajstić information content (AvgIpc) is 3.13. The third kappa shape index (κ3) is 5.47. The van der Waals surface area contributed by atoms with Crippen molar-refractivity contribution >= 4 is 11.2 Å². The Hall–Kier alpha value is -2.24. The van der Waals surface area contributed by atoms with Gasteiger partial charge in [-0.25, -0.2) is 9.97 Å². The van der Waals surface area contributed by atoms with Gasteiger partial charge < -0.3 is 9.47 Å². The molecule has 1 aliphatic heterocycles. The molecule has 0 unspecified atom stereocenters. The Morgan fingerprint density at radius 1 is 1.03 bits per heavy atom. The largest absolute Gasteiger partial charge is 0.308 e. The number of rotatable bonds is 8. The minimum atomic E-state index is 0.685. The van der Waals surface area contributed by atoms with Crippen LogP contribution in [0.15, 0.2) is 30.3 Å². The normalized spacial score (nSPS) is 18.0. The third-order valence-corrected chi connectivity index (χ3v) is 7.20. The van der Waals surface area contributed by atoms with Crippen molar-refractivity contribution < 1.29 is 0 Å². The Labute approximate surface area is 199 Å². The number of aromatic nitrogens is 3. The van der Waals surface area contributed by atoms with Crippen LogP contribution >= 0.6 is 0 Å². The van der Waals surface area contributed by atoms with E-state index in [0.717, 1.165) is 42.1 Å². The molecule has 5 heteroatoms. The topological polar surface area (TPSA) is 37.2 Å². The van der Waals surface area contributed by atoms with Crippen LogP contribution in [0.2, 0.25) is 0 Å². The van der Waals surface area contributed by atoms with E-state index in [9.17, 15) is 0 Å². The lowest BCUT2D eigenvalue weighted by Crippen LogP contribution is -2.54. The number of benzene rings is 1. The molecule has 0 radical (unpaired) electrons. The second-order valence-corrected chi connectivity index (χ2v) is 10.3. The molecule has 2 aromatic heterocycles. The highest BCUT2D eigenvalue weighted by Gasteiger charge is 2.26. The second-order valence-electron chi connectivity index (χ2n) is 10.3. The standard InChI is InChI=1S/C28H41N5/c1-7-26-30-27-21(4)17-22(5)29-28(27)33(26)18-24-12-10-23(11-13-24)9-8-14-32-16-15-31(6)19-25(32)20(2)3/h10-13,17,20,25H,7-9,14-16,18-19H2,1-6H3/t25-/m1/s1. The molecule has 0 aliphatic carbocycles. The Morgan fingerprint density at radius 2 is 1.76 bits per heavy atom. The Bertz CT molecular complexity index is 1070. The molecule has 0 N–H and O–H groups in total. The number of hydrogen-bond acceptors (Lipinski definition) is 4. The van der Waals surface area contributed by atoms with Gasteiger partial charge in [-0.1, -0.05) is 45.0 Å². The van der Waals surface area contributed by atoms with Crippen molar-refractivity contribution in [3.63, 3.8) is 0 Å². The molecule has 0 bridgehead atoms. The van der Waals surface area contributed by atoms with Crippen molar-refractivity contribution in [3.05, 3.63) is 58.5 Å². The molecule has 5 nitrogen and oxygen atoms in total. The van der Waals surface area contributed by atoms with E-state index < -0.39 is 0 Å². The summed E-state index contributed by atoms with van der Waals surface area (Å²) in [5.74, 6) is 1.82. The minimum absolute atomic E-state index is 0.685. The average molecular weight is 448 g/mol. The Kier molecular flexibility index (Phi) is 7.50. The second kappa shape index (κ2) is 10.4. The zero-order valence-corrected chi connectivity index (χ0v) is 21.4. The summed E-state index contributed by atoms with van der Waals surface area (Å²) in [6, 6.07) is 12.0. The van der Waals surface area contributed by atoms with Gasteiger partial charge in [0.05, 0.1) is 6.54 Å². The van der Waals surface area contributed by atoms with Crippen LogP contribution in [0.3, 0.4) is 0 Å². The van der Waals surface area contributed by atoms with Crippen LogP contribution in [-0.2, 0) is 19.4 Å². The van der Waals surface area contributed by atoms with Gasteiger partial charge in [0.1, 0.15) is 11.3 Å². The number of likely N-dealkylation sites (N-methyl/N-ethyl adjacent to an activating group) is 1. The maximum absolute atomic E-state index is 4.89. The highest BCUT2D eigenvalue weighted by atomic mass is 15.3. The molecule has 1 aliphatic rings. The fraction of sp³-hybridized carbons (Fsp3) is 0.571. The zero-order valence-electron chi connectivity index (χ0n) is 21.4. The molecule has 1 atom stereocenters. The number of imidazole rings is 1. The van der Waals surface area contributed by atoms with E-state index in [1.165, 1.54) is 49.3 Å². The van der Waals surface area contributed by atoms with Crippen LogP contribution in [0, 0.1) is 19.8 Å². The van der Waals surface area contributed by atoms with Gasteiger partial charge in [-0.3, -0.25) is 4.90 Å². The number of fused-ring (bicyclic) bond motifs is 1. The van der Waals surface area contributed by atoms with Gasteiger partial charge in [0, 0.05) is 37.8 Å². The van der Waals surface area contributed by atoms with Crippen LogP contribution in [-0.4, -0.2) is 63.6 Å². The summed E-state index contributed by atoms with van der Waals surface area (Å²) in [5, 5.41) is 0. The molecule has 1 aromatic carbocycles. The number of pyridine rings is 1. The summed E-state index contributed by atoms with van der Waals surface area (Å²) >= 11 is 0. The summed E-state index contributed by atoms with van der Waals surface area (Å²) < 4.78 is 2.30. The molecular weight excluding hydrogens is 406 g/mol. The van der Waals surface area contributed by atoms with Gasteiger partial charge in [0.25, 0.3) is 0 Å². The van der Waals surface area contributed by atoms with Crippen LogP contribution in [0.25, 0.3) is 11.2 Å². The van der Waals surface area contributed by atoms with Gasteiger partial charge in [-0.2, -0.15) is 0 Å². The number of piperazine rings is 1. The highest BCUT2D eigenvalue weighted by molar-refractivity contribution is 5.76. The van der Waals surface area contributed by atoms with Crippen LogP contribution < -0.4 is 0 Å². The van der Waals surface area contributed by atoms with E-state index in [1.54, 1.807) is 0 Å². The van der Waals surface area contributed by atoms with Gasteiger partial charge in [0.2, 0.25) is 0 Å². The Morgan fingerprint density at radius 3 is 2.45 bits per heavy atom. The van der Waals surface area contributed by atoms with Crippen molar-refractivity contribution in [1.82, 2.24) is 24.3 Å². The van der Waals surface area contributed by atoms with E-state index in [2.05, 4.69) is 86.4 Å². The van der Waals surface area contributed by atoms with Crippen molar-refractivity contribution in [1.29, 1.82) is 0 Å². The van der Waals surface area contributed by atoms with Gasteiger partial charge in [-0.05, 0) is 69.0 Å². The predicted octanol–water partition coefficient (Wildman–Crippen LogP) is 4.86. The first-order valence-electron chi connectivity index (χ1n) is 12.7. The van der Waals surface area contributed by atoms with Crippen molar-refractivity contribution in [3.8, 4) is 0 Å². The maximum Gasteiger partial charge on any atom is 0.160 e. The fourth-order valence-electron chi connectivity index (χ4n) is 5.27. The molecule has 33 heavy (non-hydrogen) atoms. The Balaban J connectivity index is 1.39. The summed E-state index contributed by atoms with van der Waals surface area (Å²) in [7, 11) is 2.25. The molecule has 0 spiro atoms. The van der Waals surface area contributed by atoms with E-state index in [4.69, 9.17) is 9.97 Å². The summed E-state index contributed by atoms with van der Waals surface area (Å²) in [6.45, 7) is 16.7. The number of hydrogen-bond donors (Lipinski definition) is 0. The van der Waals surface area contributed by atoms with Crippen LogP contribution in [0.1, 0.15) is 55.4 Å². The van der Waals surface area contributed by atoms with Gasteiger partial charge in [-0.15, -0.1) is 0 Å². The SMILES string of the molecule is CCc1nc2c(C)cc(C)nc2n1Cc1ccc(CCCN2CCN(C)C[C@@H]2C(C)C)cc1. The van der Waals surface area contributed by atoms with Gasteiger partial charge in [0.15, 0.2) is 5.65 Å². The molecule has 0 saturated carbocycles. The van der Waals surface area contributed by atoms with Crippen molar-refractivity contribution in [2.45, 2.75) is 66.5 Å². The van der Waals surface area contributed by atoms with Crippen LogP contribution in [0.5, 0.6) is 0 Å². The first-order chi connectivity index (χ1) is 15.9. The molecule has 1 saturated heterocycles. The van der Waals surface area contributed by atoms with E-state index >= 15 is 0 Å². The quantitative estimate of drug-likeness (QED) is 0.494. The maximum atomic E-state index is 4.89. The lowest BCUT2D eigenvalue weighted by atomic mass is 9.99. The lowest BCUT2D eigenvalue weighted by molar-refractivity contribution is 0.0624. The molecule has 3 heterocycles. The molecule has 178 valence electrons. The van der Waals surface area contributed by atoms with E-state index in [1.807, 2.05) is 0 Å². The van der Waals surface area contributed by atoms with Gasteiger partial charge >= 0.3 is 0 Å².